The summed E-state index contributed by atoms with van der Waals surface area (Å²) < 4.78 is 6.37. The summed E-state index contributed by atoms with van der Waals surface area (Å²) in [6, 6.07) is 0. The molecule has 19 heavy (non-hydrogen) atoms. The third kappa shape index (κ3) is 3.85. The number of aryl methyl sites for hydroxylation is 1. The summed E-state index contributed by atoms with van der Waals surface area (Å²) in [7, 11) is 0. The first-order valence-corrected chi connectivity index (χ1v) is 5.82. The van der Waals surface area contributed by atoms with E-state index in [-0.39, 0.29) is 12.5 Å². The second kappa shape index (κ2) is 6.05. The molecule has 102 valence electrons. The molecular weight excluding hydrogens is 250 g/mol. The van der Waals surface area contributed by atoms with Gasteiger partial charge in [0.2, 0.25) is 11.8 Å². The molecule has 0 bridgehead atoms. The van der Waals surface area contributed by atoms with Crippen molar-refractivity contribution >= 4 is 5.91 Å². The molecule has 3 N–H and O–H groups in total. The van der Waals surface area contributed by atoms with Crippen molar-refractivity contribution in [3.63, 3.8) is 0 Å². The van der Waals surface area contributed by atoms with Gasteiger partial charge in [0, 0.05) is 19.5 Å². The molecule has 9 nitrogen and oxygen atoms in total. The Morgan fingerprint density at radius 1 is 1.58 bits per heavy atom. The molecule has 2 aromatic rings. The van der Waals surface area contributed by atoms with E-state index in [4.69, 9.17) is 10.3 Å². The maximum atomic E-state index is 11.6. The lowest BCUT2D eigenvalue weighted by molar-refractivity contribution is -0.121. The molecule has 0 saturated heterocycles. The van der Waals surface area contributed by atoms with Crippen LogP contribution in [0, 0.1) is 6.92 Å². The number of nitrogens with zero attached hydrogens (tertiary/aromatic N) is 5. The van der Waals surface area contributed by atoms with Crippen molar-refractivity contribution < 1.29 is 9.32 Å². The standard InChI is InChI=1S/C10H15N7O2/c1-7-13-10(19-15-7)2-3-12-9(18)6-17-5-8(4-11)14-16-17/h5H,2-4,6,11H2,1H3,(H,12,18). The lowest BCUT2D eigenvalue weighted by Crippen LogP contribution is -2.29. The van der Waals surface area contributed by atoms with Gasteiger partial charge in [-0.2, -0.15) is 4.98 Å². The van der Waals surface area contributed by atoms with E-state index in [1.54, 1.807) is 13.1 Å². The first-order chi connectivity index (χ1) is 9.17. The van der Waals surface area contributed by atoms with Gasteiger partial charge in [-0.05, 0) is 6.92 Å². The minimum absolute atomic E-state index is 0.107. The zero-order valence-corrected chi connectivity index (χ0v) is 10.5. The van der Waals surface area contributed by atoms with Gasteiger partial charge in [-0.1, -0.05) is 10.4 Å². The van der Waals surface area contributed by atoms with Gasteiger partial charge in [0.25, 0.3) is 0 Å². The maximum Gasteiger partial charge on any atom is 0.241 e. The number of nitrogens with one attached hydrogen (secondary N) is 1. The number of carbonyl (C=O) groups is 1. The molecule has 0 saturated carbocycles. The number of hydrogen-bond donors (Lipinski definition) is 2. The summed E-state index contributed by atoms with van der Waals surface area (Å²) >= 11 is 0. The monoisotopic (exact) mass is 265 g/mol. The van der Waals surface area contributed by atoms with Crippen molar-refractivity contribution in [3.05, 3.63) is 23.6 Å². The lowest BCUT2D eigenvalue weighted by Gasteiger charge is -2.02. The molecular formula is C10H15N7O2. The van der Waals surface area contributed by atoms with Crippen LogP contribution in [0.1, 0.15) is 17.4 Å². The second-order valence-electron chi connectivity index (χ2n) is 3.95. The van der Waals surface area contributed by atoms with E-state index in [0.717, 1.165) is 0 Å². The van der Waals surface area contributed by atoms with Crippen molar-refractivity contribution in [1.82, 2.24) is 30.5 Å². The summed E-state index contributed by atoms with van der Waals surface area (Å²) in [6.45, 7) is 2.58. The first kappa shape index (κ1) is 13.1. The van der Waals surface area contributed by atoms with Crippen LogP contribution in [0.25, 0.3) is 0 Å². The highest BCUT2D eigenvalue weighted by Gasteiger charge is 2.07. The predicted molar refractivity (Wildman–Crippen MR) is 63.7 cm³/mol. The maximum absolute atomic E-state index is 11.6. The van der Waals surface area contributed by atoms with Gasteiger partial charge in [-0.15, -0.1) is 5.10 Å². The van der Waals surface area contributed by atoms with E-state index in [9.17, 15) is 4.79 Å². The zero-order chi connectivity index (χ0) is 13.7. The quantitative estimate of drug-likeness (QED) is 0.671. The van der Waals surface area contributed by atoms with E-state index in [1.165, 1.54) is 4.68 Å². The molecule has 0 aliphatic rings. The average Bonchev–Trinajstić information content (AvgIpc) is 2.98. The van der Waals surface area contributed by atoms with Gasteiger partial charge in [0.15, 0.2) is 5.82 Å². The molecule has 2 heterocycles. The molecule has 0 unspecified atom stereocenters. The Morgan fingerprint density at radius 3 is 3.05 bits per heavy atom. The minimum atomic E-state index is -0.162. The minimum Gasteiger partial charge on any atom is -0.354 e. The summed E-state index contributed by atoms with van der Waals surface area (Å²) in [5, 5.41) is 14.0. The molecule has 0 aliphatic heterocycles. The summed E-state index contributed by atoms with van der Waals surface area (Å²) in [6.07, 6.45) is 2.14. The Hall–Kier alpha value is -2.29. The van der Waals surface area contributed by atoms with Gasteiger partial charge in [-0.3, -0.25) is 4.79 Å². The van der Waals surface area contributed by atoms with Crippen LogP contribution in [0.3, 0.4) is 0 Å². The molecule has 9 heteroatoms. The molecule has 2 aromatic heterocycles. The smallest absolute Gasteiger partial charge is 0.241 e. The average molecular weight is 265 g/mol. The Balaban J connectivity index is 1.72. The van der Waals surface area contributed by atoms with Gasteiger partial charge in [0.1, 0.15) is 6.54 Å². The summed E-state index contributed by atoms with van der Waals surface area (Å²) in [5.74, 6) is 0.923. The molecule has 0 radical (unpaired) electrons. The van der Waals surface area contributed by atoms with E-state index < -0.39 is 0 Å². The molecule has 2 rings (SSSR count). The highest BCUT2D eigenvalue weighted by Crippen LogP contribution is 1.96. The van der Waals surface area contributed by atoms with Crippen LogP contribution < -0.4 is 11.1 Å². The van der Waals surface area contributed by atoms with Crippen LogP contribution in [0.2, 0.25) is 0 Å². The molecule has 1 amide bonds. The SMILES string of the molecule is Cc1noc(CCNC(=O)Cn2cc(CN)nn2)n1. The topological polar surface area (TPSA) is 125 Å². The Kier molecular flexibility index (Phi) is 4.18. The molecule has 0 atom stereocenters. The highest BCUT2D eigenvalue weighted by molar-refractivity contribution is 5.75. The summed E-state index contributed by atoms with van der Waals surface area (Å²) in [5.41, 5.74) is 6.05. The van der Waals surface area contributed by atoms with Crippen molar-refractivity contribution in [2.45, 2.75) is 26.4 Å². The van der Waals surface area contributed by atoms with E-state index >= 15 is 0 Å². The number of aromatic nitrogens is 5. The number of hydrogen-bond acceptors (Lipinski definition) is 7. The fourth-order valence-electron chi connectivity index (χ4n) is 1.46. The normalized spacial score (nSPS) is 10.6. The van der Waals surface area contributed by atoms with Crippen LogP contribution in [-0.4, -0.2) is 37.6 Å². The number of carbonyl (C=O) groups excluding carboxylic acids is 1. The van der Waals surface area contributed by atoms with Gasteiger partial charge < -0.3 is 15.6 Å². The van der Waals surface area contributed by atoms with Crippen molar-refractivity contribution in [2.24, 2.45) is 5.73 Å². The number of amides is 1. The van der Waals surface area contributed by atoms with E-state index in [1.807, 2.05) is 0 Å². The molecule has 0 spiro atoms. The molecule has 0 aromatic carbocycles. The van der Waals surface area contributed by atoms with Crippen LogP contribution >= 0.6 is 0 Å². The first-order valence-electron chi connectivity index (χ1n) is 5.82. The van der Waals surface area contributed by atoms with Crippen LogP contribution in [-0.2, 0) is 24.3 Å². The van der Waals surface area contributed by atoms with Crippen molar-refractivity contribution in [1.29, 1.82) is 0 Å². The fourth-order valence-corrected chi connectivity index (χ4v) is 1.46. The number of rotatable bonds is 6. The summed E-state index contributed by atoms with van der Waals surface area (Å²) in [4.78, 5) is 15.6. The molecule has 0 aliphatic carbocycles. The van der Waals surface area contributed by atoms with Crippen LogP contribution in [0.4, 0.5) is 0 Å². The highest BCUT2D eigenvalue weighted by atomic mass is 16.5. The Labute approximate surface area is 109 Å². The third-order valence-corrected chi connectivity index (χ3v) is 2.33. The van der Waals surface area contributed by atoms with Gasteiger partial charge in [0.05, 0.1) is 11.9 Å². The third-order valence-electron chi connectivity index (χ3n) is 2.33. The second-order valence-corrected chi connectivity index (χ2v) is 3.95. The van der Waals surface area contributed by atoms with Crippen LogP contribution in [0.15, 0.2) is 10.7 Å². The molecule has 0 fully saturated rings. The van der Waals surface area contributed by atoms with Crippen molar-refractivity contribution in [2.75, 3.05) is 6.54 Å². The Bertz CT molecular complexity index is 548. The fraction of sp³-hybridized carbons (Fsp3) is 0.500. The van der Waals surface area contributed by atoms with E-state index in [0.29, 0.717) is 36.9 Å². The zero-order valence-electron chi connectivity index (χ0n) is 10.5. The largest absolute Gasteiger partial charge is 0.354 e. The van der Waals surface area contributed by atoms with Gasteiger partial charge in [-0.25, -0.2) is 4.68 Å². The number of nitrogens with two attached hydrogens (primary N) is 1. The van der Waals surface area contributed by atoms with E-state index in [2.05, 4.69) is 25.8 Å². The van der Waals surface area contributed by atoms with Crippen LogP contribution in [0.5, 0.6) is 0 Å². The predicted octanol–water partition coefficient (Wildman–Crippen LogP) is -1.21. The lowest BCUT2D eigenvalue weighted by atomic mass is 10.4. The van der Waals surface area contributed by atoms with Crippen molar-refractivity contribution in [3.8, 4) is 0 Å². The van der Waals surface area contributed by atoms with Gasteiger partial charge >= 0.3 is 0 Å². The Morgan fingerprint density at radius 2 is 2.42 bits per heavy atom.